The van der Waals surface area contributed by atoms with Gasteiger partial charge in [0.15, 0.2) is 0 Å². The Labute approximate surface area is 143 Å². The van der Waals surface area contributed by atoms with Gasteiger partial charge in [-0.25, -0.2) is 4.99 Å². The maximum absolute atomic E-state index is 4.61. The SMILES string of the molecule is CC/C=C/NC1=NC=C(c2ccccn2)/C1=C(/C)N1CCNCC1. The molecule has 0 amide bonds. The lowest BCUT2D eigenvalue weighted by Gasteiger charge is -2.31. The minimum atomic E-state index is 0.899. The molecule has 0 aromatic carbocycles. The van der Waals surface area contributed by atoms with Crippen molar-refractivity contribution in [3.05, 3.63) is 59.8 Å². The molecule has 0 aliphatic carbocycles. The molecular formula is C19H25N5. The molecule has 1 aromatic heterocycles. The second-order valence-corrected chi connectivity index (χ2v) is 5.89. The van der Waals surface area contributed by atoms with Crippen LogP contribution in [0.25, 0.3) is 5.57 Å². The summed E-state index contributed by atoms with van der Waals surface area (Å²) in [6.45, 7) is 8.37. The van der Waals surface area contributed by atoms with Crippen LogP contribution in [0.1, 0.15) is 26.0 Å². The Balaban J connectivity index is 1.94. The first kappa shape index (κ1) is 16.5. The Bertz CT molecular complexity index is 679. The zero-order valence-corrected chi connectivity index (χ0v) is 14.4. The number of aliphatic imine (C=N–C) groups is 1. The summed E-state index contributed by atoms with van der Waals surface area (Å²) in [7, 11) is 0. The topological polar surface area (TPSA) is 52.6 Å². The highest BCUT2D eigenvalue weighted by molar-refractivity contribution is 6.15. The van der Waals surface area contributed by atoms with Gasteiger partial charge in [-0.2, -0.15) is 0 Å². The van der Waals surface area contributed by atoms with Crippen molar-refractivity contribution < 1.29 is 0 Å². The van der Waals surface area contributed by atoms with E-state index in [0.29, 0.717) is 0 Å². The van der Waals surface area contributed by atoms with Crippen LogP contribution in [0, 0.1) is 0 Å². The molecule has 0 bridgehead atoms. The van der Waals surface area contributed by atoms with Gasteiger partial charge in [0, 0.05) is 55.4 Å². The average Bonchev–Trinajstić information content (AvgIpc) is 3.06. The van der Waals surface area contributed by atoms with E-state index < -0.39 is 0 Å². The molecule has 126 valence electrons. The average molecular weight is 323 g/mol. The number of aromatic nitrogens is 1. The van der Waals surface area contributed by atoms with E-state index in [1.54, 1.807) is 0 Å². The Morgan fingerprint density at radius 2 is 2.17 bits per heavy atom. The maximum Gasteiger partial charge on any atom is 0.139 e. The molecule has 2 aliphatic heterocycles. The minimum Gasteiger partial charge on any atom is -0.372 e. The number of nitrogens with zero attached hydrogens (tertiary/aromatic N) is 3. The van der Waals surface area contributed by atoms with Crippen LogP contribution >= 0.6 is 0 Å². The van der Waals surface area contributed by atoms with Gasteiger partial charge in [-0.05, 0) is 31.7 Å². The third-order valence-corrected chi connectivity index (χ3v) is 4.30. The van der Waals surface area contributed by atoms with E-state index >= 15 is 0 Å². The predicted octanol–water partition coefficient (Wildman–Crippen LogP) is 2.53. The summed E-state index contributed by atoms with van der Waals surface area (Å²) in [5.74, 6) is 0.899. The number of rotatable bonds is 4. The normalized spacial score (nSPS) is 20.2. The van der Waals surface area contributed by atoms with Crippen molar-refractivity contribution in [2.24, 2.45) is 4.99 Å². The van der Waals surface area contributed by atoms with Crippen LogP contribution in [0.15, 0.2) is 59.1 Å². The Kier molecular flexibility index (Phi) is 5.43. The number of hydrogen-bond acceptors (Lipinski definition) is 5. The lowest BCUT2D eigenvalue weighted by atomic mass is 10.0. The first-order chi connectivity index (χ1) is 11.8. The highest BCUT2D eigenvalue weighted by Gasteiger charge is 2.25. The predicted molar refractivity (Wildman–Crippen MR) is 99.4 cm³/mol. The highest BCUT2D eigenvalue weighted by atomic mass is 15.2. The maximum atomic E-state index is 4.61. The summed E-state index contributed by atoms with van der Waals surface area (Å²) in [4.78, 5) is 11.6. The fraction of sp³-hybridized carbons (Fsp3) is 0.368. The monoisotopic (exact) mass is 323 g/mol. The minimum absolute atomic E-state index is 0.899. The Hall–Kier alpha value is -2.40. The van der Waals surface area contributed by atoms with E-state index in [2.05, 4.69) is 45.4 Å². The third-order valence-electron chi connectivity index (χ3n) is 4.30. The summed E-state index contributed by atoms with van der Waals surface area (Å²) in [5.41, 5.74) is 4.44. The van der Waals surface area contributed by atoms with Crippen LogP contribution in [-0.4, -0.2) is 41.9 Å². The van der Waals surface area contributed by atoms with Crippen LogP contribution in [0.4, 0.5) is 0 Å². The number of allylic oxidation sites excluding steroid dienone is 2. The molecule has 0 atom stereocenters. The van der Waals surface area contributed by atoms with Crippen LogP contribution in [0.3, 0.4) is 0 Å². The van der Waals surface area contributed by atoms with Gasteiger partial charge in [0.25, 0.3) is 0 Å². The molecule has 1 saturated heterocycles. The number of piperazine rings is 1. The summed E-state index contributed by atoms with van der Waals surface area (Å²) < 4.78 is 0. The largest absolute Gasteiger partial charge is 0.372 e. The zero-order chi connectivity index (χ0) is 16.8. The third kappa shape index (κ3) is 3.57. The standard InChI is InChI=1S/C19H25N5/c1-3-4-8-22-19-18(15(2)24-12-10-20-11-13-24)16(14-23-19)17-7-5-6-9-21-17/h4-9,14,20H,3,10-13H2,1-2H3,(H,22,23)/b8-4+,18-15+. The lowest BCUT2D eigenvalue weighted by molar-refractivity contribution is 0.299. The molecule has 24 heavy (non-hydrogen) atoms. The van der Waals surface area contributed by atoms with Gasteiger partial charge in [0.1, 0.15) is 5.84 Å². The molecule has 2 N–H and O–H groups in total. The smallest absolute Gasteiger partial charge is 0.139 e. The Morgan fingerprint density at radius 3 is 2.88 bits per heavy atom. The van der Waals surface area contributed by atoms with E-state index in [9.17, 15) is 0 Å². The number of amidine groups is 1. The molecule has 3 rings (SSSR count). The molecule has 0 radical (unpaired) electrons. The molecule has 5 nitrogen and oxygen atoms in total. The first-order valence-electron chi connectivity index (χ1n) is 8.59. The van der Waals surface area contributed by atoms with Gasteiger partial charge in [-0.15, -0.1) is 0 Å². The van der Waals surface area contributed by atoms with Crippen LogP contribution in [0.5, 0.6) is 0 Å². The summed E-state index contributed by atoms with van der Waals surface area (Å²) >= 11 is 0. The number of nitrogens with one attached hydrogen (secondary N) is 2. The molecule has 3 heterocycles. The lowest BCUT2D eigenvalue weighted by Crippen LogP contribution is -2.43. The van der Waals surface area contributed by atoms with Gasteiger partial charge in [0.05, 0.1) is 5.69 Å². The summed E-state index contributed by atoms with van der Waals surface area (Å²) in [5, 5.41) is 6.75. The molecular weight excluding hydrogens is 298 g/mol. The molecule has 1 aromatic rings. The van der Waals surface area contributed by atoms with Gasteiger partial charge in [-0.1, -0.05) is 19.1 Å². The van der Waals surface area contributed by atoms with E-state index in [1.165, 1.54) is 5.70 Å². The highest BCUT2D eigenvalue weighted by Crippen LogP contribution is 2.30. The van der Waals surface area contributed by atoms with Gasteiger partial charge in [0.2, 0.25) is 0 Å². The summed E-state index contributed by atoms with van der Waals surface area (Å²) in [6, 6.07) is 6.00. The molecule has 0 unspecified atom stereocenters. The van der Waals surface area contributed by atoms with Gasteiger partial charge >= 0.3 is 0 Å². The van der Waals surface area contributed by atoms with Crippen LogP contribution in [0.2, 0.25) is 0 Å². The van der Waals surface area contributed by atoms with Crippen molar-refractivity contribution in [1.82, 2.24) is 20.5 Å². The van der Waals surface area contributed by atoms with E-state index in [4.69, 9.17) is 0 Å². The Morgan fingerprint density at radius 1 is 1.33 bits per heavy atom. The van der Waals surface area contributed by atoms with Gasteiger partial charge in [-0.3, -0.25) is 4.98 Å². The van der Waals surface area contributed by atoms with Crippen molar-refractivity contribution in [3.63, 3.8) is 0 Å². The molecule has 0 spiro atoms. The van der Waals surface area contributed by atoms with Crippen molar-refractivity contribution in [2.45, 2.75) is 20.3 Å². The van der Waals surface area contributed by atoms with Crippen LogP contribution in [-0.2, 0) is 0 Å². The van der Waals surface area contributed by atoms with Crippen molar-refractivity contribution >= 4 is 11.4 Å². The molecule has 0 saturated carbocycles. The summed E-state index contributed by atoms with van der Waals surface area (Å²) in [6.07, 6.45) is 8.82. The number of hydrogen-bond donors (Lipinski definition) is 2. The molecule has 5 heteroatoms. The molecule has 2 aliphatic rings. The van der Waals surface area contributed by atoms with Crippen molar-refractivity contribution in [1.29, 1.82) is 0 Å². The second kappa shape index (κ2) is 7.93. The quantitative estimate of drug-likeness (QED) is 0.894. The van der Waals surface area contributed by atoms with E-state index in [-0.39, 0.29) is 0 Å². The second-order valence-electron chi connectivity index (χ2n) is 5.89. The first-order valence-corrected chi connectivity index (χ1v) is 8.59. The van der Waals surface area contributed by atoms with Gasteiger partial charge < -0.3 is 15.5 Å². The van der Waals surface area contributed by atoms with Crippen molar-refractivity contribution in [2.75, 3.05) is 26.2 Å². The fourth-order valence-corrected chi connectivity index (χ4v) is 2.99. The fourth-order valence-electron chi connectivity index (χ4n) is 2.99. The van der Waals surface area contributed by atoms with E-state index in [0.717, 1.165) is 55.3 Å². The van der Waals surface area contributed by atoms with Crippen LogP contribution < -0.4 is 10.6 Å². The van der Waals surface area contributed by atoms with E-state index in [1.807, 2.05) is 36.8 Å². The molecule has 1 fully saturated rings. The number of pyridine rings is 1. The zero-order valence-electron chi connectivity index (χ0n) is 14.4. The van der Waals surface area contributed by atoms with Crippen molar-refractivity contribution in [3.8, 4) is 0 Å².